The molecule has 0 amide bonds. The molecule has 2 aromatic rings. The molecule has 0 spiro atoms. The van der Waals surface area contributed by atoms with Gasteiger partial charge in [-0.2, -0.15) is 0 Å². The Morgan fingerprint density at radius 2 is 1.81 bits per heavy atom. The summed E-state index contributed by atoms with van der Waals surface area (Å²) in [5.74, 6) is 1.41. The van der Waals surface area contributed by atoms with Gasteiger partial charge in [0, 0.05) is 6.04 Å². The van der Waals surface area contributed by atoms with Crippen molar-refractivity contribution in [1.82, 2.24) is 5.32 Å². The summed E-state index contributed by atoms with van der Waals surface area (Å²) in [7, 11) is -2.08. The minimum atomic E-state index is -3.70. The van der Waals surface area contributed by atoms with E-state index in [2.05, 4.69) is 5.32 Å². The first kappa shape index (κ1) is 23.2. The average molecular weight is 415 g/mol. The highest BCUT2D eigenvalue weighted by molar-refractivity contribution is 7.89. The topological polar surface area (TPSA) is 90.7 Å². The van der Waals surface area contributed by atoms with Gasteiger partial charge in [0.15, 0.2) is 11.5 Å². The number of nitrogens with one attached hydrogen (secondary N) is 1. The molecule has 27 heavy (non-hydrogen) atoms. The van der Waals surface area contributed by atoms with E-state index in [1.807, 2.05) is 37.3 Å². The maximum atomic E-state index is 11.6. The van der Waals surface area contributed by atoms with Gasteiger partial charge in [0.2, 0.25) is 10.0 Å². The molecule has 0 aliphatic rings. The van der Waals surface area contributed by atoms with Crippen molar-refractivity contribution >= 4 is 22.4 Å². The zero-order valence-electron chi connectivity index (χ0n) is 15.8. The predicted molar refractivity (Wildman–Crippen MR) is 109 cm³/mol. The molecular formula is C19H27ClN2O4S. The molecule has 2 aromatic carbocycles. The van der Waals surface area contributed by atoms with Crippen LogP contribution in [0.2, 0.25) is 0 Å². The van der Waals surface area contributed by atoms with Crippen LogP contribution in [0.3, 0.4) is 0 Å². The third-order valence-electron chi connectivity index (χ3n) is 4.02. The molecular weight excluding hydrogens is 388 g/mol. The van der Waals surface area contributed by atoms with E-state index in [1.54, 1.807) is 26.2 Å². The Balaban J connectivity index is 0.00000364. The van der Waals surface area contributed by atoms with Crippen molar-refractivity contribution in [2.45, 2.75) is 31.2 Å². The van der Waals surface area contributed by atoms with Crippen molar-refractivity contribution in [3.05, 3.63) is 53.6 Å². The molecule has 0 saturated heterocycles. The van der Waals surface area contributed by atoms with Crippen LogP contribution < -0.4 is 19.9 Å². The number of ether oxygens (including phenoxy) is 2. The van der Waals surface area contributed by atoms with Crippen molar-refractivity contribution in [2.24, 2.45) is 5.14 Å². The Labute approximate surface area is 167 Å². The van der Waals surface area contributed by atoms with Gasteiger partial charge in [-0.1, -0.05) is 24.3 Å². The maximum Gasteiger partial charge on any atom is 0.238 e. The van der Waals surface area contributed by atoms with E-state index in [0.29, 0.717) is 36.6 Å². The number of sulfonamides is 1. The van der Waals surface area contributed by atoms with Crippen LogP contribution in [0.4, 0.5) is 0 Å². The van der Waals surface area contributed by atoms with Gasteiger partial charge in [0.05, 0.1) is 12.0 Å². The number of primary sulfonamides is 1. The number of rotatable bonds is 9. The highest BCUT2D eigenvalue weighted by Crippen LogP contribution is 2.25. The smallest absolute Gasteiger partial charge is 0.238 e. The monoisotopic (exact) mass is 414 g/mol. The Morgan fingerprint density at radius 1 is 1.15 bits per heavy atom. The van der Waals surface area contributed by atoms with Crippen molar-refractivity contribution in [2.75, 3.05) is 20.3 Å². The van der Waals surface area contributed by atoms with E-state index in [-0.39, 0.29) is 23.3 Å². The molecule has 0 aromatic heterocycles. The average Bonchev–Trinajstić information content (AvgIpc) is 2.60. The molecule has 3 N–H and O–H groups in total. The summed E-state index contributed by atoms with van der Waals surface area (Å²) in [6.07, 6.45) is 0.696. The highest BCUT2D eigenvalue weighted by Gasteiger charge is 2.12. The number of benzene rings is 2. The number of methoxy groups -OCH3 is 1. The first-order valence-electron chi connectivity index (χ1n) is 8.43. The van der Waals surface area contributed by atoms with Crippen molar-refractivity contribution in [3.8, 4) is 11.5 Å². The van der Waals surface area contributed by atoms with Gasteiger partial charge in [0.1, 0.15) is 6.61 Å². The summed E-state index contributed by atoms with van der Waals surface area (Å²) in [6.45, 7) is 4.96. The number of halogens is 1. The molecule has 0 aliphatic carbocycles. The van der Waals surface area contributed by atoms with E-state index >= 15 is 0 Å². The van der Waals surface area contributed by atoms with Crippen LogP contribution in [0.5, 0.6) is 11.5 Å². The molecule has 0 bridgehead atoms. The predicted octanol–water partition coefficient (Wildman–Crippen LogP) is 2.67. The minimum absolute atomic E-state index is 0. The van der Waals surface area contributed by atoms with E-state index < -0.39 is 10.0 Å². The molecule has 0 fully saturated rings. The van der Waals surface area contributed by atoms with E-state index in [1.165, 1.54) is 0 Å². The standard InChI is InChI=1S/C19H26N2O4S.ClH/c1-14-8-9-16(12-19(14)26(20,22)23)10-11-21-15(2)13-25-18-7-5-4-6-17(18)24-3;/h4-9,12,15,21H,10-11,13H2,1-3H3,(H2,20,22,23);1H. The minimum Gasteiger partial charge on any atom is -0.493 e. The van der Waals surface area contributed by atoms with E-state index in [9.17, 15) is 8.42 Å². The second-order valence-electron chi connectivity index (χ2n) is 6.21. The third kappa shape index (κ3) is 7.03. The zero-order valence-corrected chi connectivity index (χ0v) is 17.4. The lowest BCUT2D eigenvalue weighted by Crippen LogP contribution is -2.33. The fraction of sp³-hybridized carbons (Fsp3) is 0.368. The molecule has 0 heterocycles. The van der Waals surface area contributed by atoms with Crippen LogP contribution in [0.25, 0.3) is 0 Å². The number of hydrogen-bond donors (Lipinski definition) is 2. The van der Waals surface area contributed by atoms with Gasteiger partial charge in [-0.25, -0.2) is 13.6 Å². The molecule has 6 nitrogen and oxygen atoms in total. The molecule has 150 valence electrons. The van der Waals surface area contributed by atoms with Crippen molar-refractivity contribution < 1.29 is 17.9 Å². The largest absolute Gasteiger partial charge is 0.493 e. The van der Waals surface area contributed by atoms with Crippen molar-refractivity contribution in [3.63, 3.8) is 0 Å². The lowest BCUT2D eigenvalue weighted by Gasteiger charge is -2.16. The molecule has 2 rings (SSSR count). The van der Waals surface area contributed by atoms with Crippen LogP contribution in [-0.2, 0) is 16.4 Å². The van der Waals surface area contributed by atoms with Crippen LogP contribution >= 0.6 is 12.4 Å². The second-order valence-corrected chi connectivity index (χ2v) is 7.74. The third-order valence-corrected chi connectivity index (χ3v) is 5.08. The van der Waals surface area contributed by atoms with Gasteiger partial charge in [-0.15, -0.1) is 12.4 Å². The van der Waals surface area contributed by atoms with Crippen LogP contribution in [0.1, 0.15) is 18.1 Å². The van der Waals surface area contributed by atoms with E-state index in [4.69, 9.17) is 14.6 Å². The van der Waals surface area contributed by atoms with Gasteiger partial charge >= 0.3 is 0 Å². The van der Waals surface area contributed by atoms with Crippen LogP contribution in [0.15, 0.2) is 47.4 Å². The summed E-state index contributed by atoms with van der Waals surface area (Å²) in [5, 5.41) is 8.62. The van der Waals surface area contributed by atoms with Gasteiger partial charge in [0.25, 0.3) is 0 Å². The first-order chi connectivity index (χ1) is 12.3. The fourth-order valence-electron chi connectivity index (χ4n) is 2.58. The molecule has 8 heteroatoms. The SMILES string of the molecule is COc1ccccc1OCC(C)NCCc1ccc(C)c(S(N)(=O)=O)c1.Cl. The number of hydrogen-bond acceptors (Lipinski definition) is 5. The van der Waals surface area contributed by atoms with Crippen LogP contribution in [0, 0.1) is 6.92 Å². The Hall–Kier alpha value is -1.80. The normalized spacial score (nSPS) is 12.1. The fourth-order valence-corrected chi connectivity index (χ4v) is 3.41. The Morgan fingerprint density at radius 3 is 2.44 bits per heavy atom. The summed E-state index contributed by atoms with van der Waals surface area (Å²) in [4.78, 5) is 0.183. The van der Waals surface area contributed by atoms with Gasteiger partial charge < -0.3 is 14.8 Å². The van der Waals surface area contributed by atoms with Gasteiger partial charge in [-0.3, -0.25) is 0 Å². The summed E-state index contributed by atoms with van der Waals surface area (Å²) in [6, 6.07) is 13.0. The van der Waals surface area contributed by atoms with E-state index in [0.717, 1.165) is 5.56 Å². The lowest BCUT2D eigenvalue weighted by molar-refractivity contribution is 0.260. The molecule has 0 radical (unpaired) electrons. The lowest BCUT2D eigenvalue weighted by atomic mass is 10.1. The number of aryl methyl sites for hydroxylation is 1. The maximum absolute atomic E-state index is 11.6. The number of nitrogens with two attached hydrogens (primary N) is 1. The first-order valence-corrected chi connectivity index (χ1v) is 9.97. The Kier molecular flexibility index (Phi) is 9.05. The van der Waals surface area contributed by atoms with Crippen molar-refractivity contribution in [1.29, 1.82) is 0 Å². The highest BCUT2D eigenvalue weighted by atomic mass is 35.5. The summed E-state index contributed by atoms with van der Waals surface area (Å²) in [5.41, 5.74) is 1.58. The van der Waals surface area contributed by atoms with Gasteiger partial charge in [-0.05, 0) is 56.1 Å². The molecule has 0 aliphatic heterocycles. The molecule has 1 unspecified atom stereocenters. The molecule has 0 saturated carbocycles. The second kappa shape index (κ2) is 10.5. The quantitative estimate of drug-likeness (QED) is 0.658. The number of para-hydroxylation sites is 2. The van der Waals surface area contributed by atoms with Crippen LogP contribution in [-0.4, -0.2) is 34.7 Å². The Bertz CT molecular complexity index is 843. The summed E-state index contributed by atoms with van der Waals surface area (Å²) < 4.78 is 34.2. The molecule has 1 atom stereocenters. The zero-order chi connectivity index (χ0) is 19.2. The summed E-state index contributed by atoms with van der Waals surface area (Å²) >= 11 is 0.